The van der Waals surface area contributed by atoms with Crippen LogP contribution in [0.4, 0.5) is 11.4 Å². The lowest BCUT2D eigenvalue weighted by atomic mass is 9.86. The van der Waals surface area contributed by atoms with E-state index in [0.29, 0.717) is 26.5 Å². The number of Topliss-reactive ketones (excluding diaryl/α,β-unsaturated/α-hetero) is 1. The Morgan fingerprint density at radius 3 is 2.42 bits per heavy atom. The van der Waals surface area contributed by atoms with Crippen LogP contribution in [-0.4, -0.2) is 36.8 Å². The SMILES string of the molecule is COc1ccc(C(=O)[C@@H]2[C@@H]3C(=O)N(c4ccc(Cl)cc4)C(=O)[C@@H]3[C@H]3C=Cc4ccccc4N32)cc1Br. The molecule has 0 bridgehead atoms. The predicted octanol–water partition coefficient (Wildman–Crippen LogP) is 5.38. The van der Waals surface area contributed by atoms with Gasteiger partial charge in [-0.3, -0.25) is 14.4 Å². The number of methoxy groups -OCH3 is 1. The largest absolute Gasteiger partial charge is 0.496 e. The minimum absolute atomic E-state index is 0.222. The topological polar surface area (TPSA) is 66.9 Å². The summed E-state index contributed by atoms with van der Waals surface area (Å²) in [5, 5.41) is 0.508. The highest BCUT2D eigenvalue weighted by atomic mass is 79.9. The first-order valence-electron chi connectivity index (χ1n) is 11.5. The second-order valence-electron chi connectivity index (χ2n) is 9.01. The van der Waals surface area contributed by atoms with Gasteiger partial charge in [0, 0.05) is 16.3 Å². The van der Waals surface area contributed by atoms with Crippen molar-refractivity contribution in [2.24, 2.45) is 11.8 Å². The number of para-hydroxylation sites is 1. The first-order valence-corrected chi connectivity index (χ1v) is 12.6. The number of nitrogens with zero attached hydrogens (tertiary/aromatic N) is 2. The smallest absolute Gasteiger partial charge is 0.240 e. The number of anilines is 2. The molecule has 180 valence electrons. The number of imide groups is 1. The molecule has 3 aromatic carbocycles. The van der Waals surface area contributed by atoms with Crippen LogP contribution in [0.15, 0.2) is 77.3 Å². The molecule has 3 aromatic rings. The molecule has 3 heterocycles. The quantitative estimate of drug-likeness (QED) is 0.315. The van der Waals surface area contributed by atoms with E-state index in [2.05, 4.69) is 15.9 Å². The number of ketones is 1. The Labute approximate surface area is 221 Å². The zero-order chi connectivity index (χ0) is 25.1. The monoisotopic (exact) mass is 562 g/mol. The molecule has 0 aromatic heterocycles. The molecule has 0 aliphatic carbocycles. The maximum atomic E-state index is 14.1. The average Bonchev–Trinajstić information content (AvgIpc) is 3.37. The van der Waals surface area contributed by atoms with Gasteiger partial charge < -0.3 is 9.64 Å². The van der Waals surface area contributed by atoms with Crippen LogP contribution in [0.25, 0.3) is 6.08 Å². The van der Waals surface area contributed by atoms with Crippen molar-refractivity contribution < 1.29 is 19.1 Å². The normalized spacial score (nSPS) is 24.0. The average molecular weight is 564 g/mol. The van der Waals surface area contributed by atoms with Crippen LogP contribution < -0.4 is 14.5 Å². The number of ether oxygens (including phenoxy) is 1. The van der Waals surface area contributed by atoms with Crippen LogP contribution in [0.5, 0.6) is 5.75 Å². The molecule has 2 fully saturated rings. The molecule has 2 saturated heterocycles. The van der Waals surface area contributed by atoms with Gasteiger partial charge >= 0.3 is 0 Å². The van der Waals surface area contributed by atoms with E-state index in [-0.39, 0.29) is 17.6 Å². The molecule has 6 rings (SSSR count). The maximum absolute atomic E-state index is 14.1. The molecule has 0 saturated carbocycles. The van der Waals surface area contributed by atoms with E-state index in [1.165, 1.54) is 4.90 Å². The zero-order valence-electron chi connectivity index (χ0n) is 19.1. The molecule has 3 aliphatic heterocycles. The van der Waals surface area contributed by atoms with Crippen molar-refractivity contribution in [2.45, 2.75) is 12.1 Å². The van der Waals surface area contributed by atoms with E-state index in [1.807, 2.05) is 41.3 Å². The molecule has 0 N–H and O–H groups in total. The minimum atomic E-state index is -0.847. The molecular formula is C28H20BrClN2O4. The number of amides is 2. The van der Waals surface area contributed by atoms with Crippen molar-refractivity contribution in [1.29, 1.82) is 0 Å². The van der Waals surface area contributed by atoms with E-state index in [9.17, 15) is 14.4 Å². The highest BCUT2D eigenvalue weighted by Gasteiger charge is 2.64. The Morgan fingerprint density at radius 2 is 1.69 bits per heavy atom. The molecule has 36 heavy (non-hydrogen) atoms. The van der Waals surface area contributed by atoms with Crippen molar-refractivity contribution >= 4 is 62.6 Å². The number of rotatable bonds is 4. The van der Waals surface area contributed by atoms with Crippen LogP contribution in [-0.2, 0) is 9.59 Å². The third-order valence-electron chi connectivity index (χ3n) is 7.20. The minimum Gasteiger partial charge on any atom is -0.496 e. The van der Waals surface area contributed by atoms with Gasteiger partial charge in [-0.05, 0) is 70.0 Å². The Hall–Kier alpha value is -3.42. The van der Waals surface area contributed by atoms with E-state index in [4.69, 9.17) is 16.3 Å². The summed E-state index contributed by atoms with van der Waals surface area (Å²) in [6.07, 6.45) is 3.90. The fraction of sp³-hybridized carbons (Fsp3) is 0.179. The first kappa shape index (κ1) is 23.0. The lowest BCUT2D eigenvalue weighted by molar-refractivity contribution is -0.122. The highest BCUT2D eigenvalue weighted by molar-refractivity contribution is 9.10. The number of carbonyl (C=O) groups is 3. The van der Waals surface area contributed by atoms with Gasteiger partial charge in [-0.25, -0.2) is 4.90 Å². The first-order chi connectivity index (χ1) is 17.4. The third-order valence-corrected chi connectivity index (χ3v) is 8.08. The highest BCUT2D eigenvalue weighted by Crippen LogP contribution is 2.50. The van der Waals surface area contributed by atoms with Gasteiger partial charge in [0.15, 0.2) is 5.78 Å². The van der Waals surface area contributed by atoms with Crippen molar-refractivity contribution in [3.8, 4) is 5.75 Å². The molecule has 6 nitrogen and oxygen atoms in total. The molecule has 0 radical (unpaired) electrons. The summed E-state index contributed by atoms with van der Waals surface area (Å²) in [7, 11) is 1.55. The van der Waals surface area contributed by atoms with Crippen LogP contribution >= 0.6 is 27.5 Å². The van der Waals surface area contributed by atoms with Gasteiger partial charge in [0.2, 0.25) is 11.8 Å². The summed E-state index contributed by atoms with van der Waals surface area (Å²) >= 11 is 9.49. The van der Waals surface area contributed by atoms with Gasteiger partial charge in [0.05, 0.1) is 35.1 Å². The lowest BCUT2D eigenvalue weighted by Crippen LogP contribution is -2.48. The number of hydrogen-bond donors (Lipinski definition) is 0. The van der Waals surface area contributed by atoms with E-state index in [1.54, 1.807) is 49.6 Å². The predicted molar refractivity (Wildman–Crippen MR) is 141 cm³/mol. The fourth-order valence-corrected chi connectivity index (χ4v) is 6.32. The lowest BCUT2D eigenvalue weighted by Gasteiger charge is -2.36. The fourth-order valence-electron chi connectivity index (χ4n) is 5.65. The van der Waals surface area contributed by atoms with E-state index >= 15 is 0 Å². The molecule has 0 spiro atoms. The van der Waals surface area contributed by atoms with Gasteiger partial charge in [-0.15, -0.1) is 0 Å². The van der Waals surface area contributed by atoms with Crippen LogP contribution in [0.3, 0.4) is 0 Å². The van der Waals surface area contributed by atoms with Gasteiger partial charge in [-0.1, -0.05) is 42.0 Å². The number of fused-ring (bicyclic) bond motifs is 5. The molecular weight excluding hydrogens is 544 g/mol. The summed E-state index contributed by atoms with van der Waals surface area (Å²) in [4.78, 5) is 44.9. The van der Waals surface area contributed by atoms with E-state index in [0.717, 1.165) is 11.3 Å². The Balaban J connectivity index is 1.48. The Morgan fingerprint density at radius 1 is 0.972 bits per heavy atom. The van der Waals surface area contributed by atoms with Crippen molar-refractivity contribution in [1.82, 2.24) is 0 Å². The zero-order valence-corrected chi connectivity index (χ0v) is 21.4. The Bertz CT molecular complexity index is 1450. The number of hydrogen-bond acceptors (Lipinski definition) is 5. The van der Waals surface area contributed by atoms with Crippen LogP contribution in [0.2, 0.25) is 5.02 Å². The summed E-state index contributed by atoms with van der Waals surface area (Å²) in [6, 6.07) is 18.2. The van der Waals surface area contributed by atoms with Crippen LogP contribution in [0, 0.1) is 11.8 Å². The van der Waals surface area contributed by atoms with Crippen LogP contribution in [0.1, 0.15) is 15.9 Å². The van der Waals surface area contributed by atoms with Crippen molar-refractivity contribution in [3.05, 3.63) is 93.4 Å². The van der Waals surface area contributed by atoms with E-state index < -0.39 is 23.9 Å². The standard InChI is InChI=1S/C28H20BrClN2O4/c1-36-22-13-7-16(14-19(22)29)26(33)25-24-23(21-12-6-15-4-2-3-5-20(15)32(21)25)27(34)31(28(24)35)18-10-8-17(30)9-11-18/h2-14,21,23-25H,1H3/t21-,23-,24-,25+/m1/s1. The second-order valence-corrected chi connectivity index (χ2v) is 10.3. The molecule has 4 atom stereocenters. The summed E-state index contributed by atoms with van der Waals surface area (Å²) in [6.45, 7) is 0. The Kier molecular flexibility index (Phi) is 5.50. The maximum Gasteiger partial charge on any atom is 0.240 e. The molecule has 0 unspecified atom stereocenters. The summed E-state index contributed by atoms with van der Waals surface area (Å²) in [5.74, 6) is -1.83. The summed E-state index contributed by atoms with van der Waals surface area (Å²) < 4.78 is 5.95. The summed E-state index contributed by atoms with van der Waals surface area (Å²) in [5.41, 5.74) is 2.67. The second kappa shape index (κ2) is 8.61. The van der Waals surface area contributed by atoms with Gasteiger partial charge in [-0.2, -0.15) is 0 Å². The van der Waals surface area contributed by atoms with Crippen molar-refractivity contribution in [2.75, 3.05) is 16.9 Å². The number of halogens is 2. The molecule has 3 aliphatic rings. The molecule has 2 amide bonds. The van der Waals surface area contributed by atoms with Gasteiger partial charge in [0.25, 0.3) is 0 Å². The third kappa shape index (κ3) is 3.33. The van der Waals surface area contributed by atoms with Gasteiger partial charge in [0.1, 0.15) is 11.8 Å². The molecule has 8 heteroatoms. The number of benzene rings is 3. The number of carbonyl (C=O) groups excluding carboxylic acids is 3. The van der Waals surface area contributed by atoms with Crippen molar-refractivity contribution in [3.63, 3.8) is 0 Å².